The van der Waals surface area contributed by atoms with Crippen molar-refractivity contribution in [1.82, 2.24) is 0 Å². The van der Waals surface area contributed by atoms with Gasteiger partial charge in [-0.3, -0.25) is 0 Å². The van der Waals surface area contributed by atoms with E-state index in [1.165, 1.54) is 12.1 Å². The second kappa shape index (κ2) is 6.19. The van der Waals surface area contributed by atoms with E-state index in [4.69, 9.17) is 23.1 Å². The zero-order valence-corrected chi connectivity index (χ0v) is 9.11. The lowest BCUT2D eigenvalue weighted by Crippen LogP contribution is -2.15. The van der Waals surface area contributed by atoms with E-state index in [2.05, 4.69) is 0 Å². The van der Waals surface area contributed by atoms with Crippen molar-refractivity contribution in [3.8, 4) is 0 Å². The minimum atomic E-state index is -0.353. The van der Waals surface area contributed by atoms with Crippen molar-refractivity contribution in [3.63, 3.8) is 0 Å². The summed E-state index contributed by atoms with van der Waals surface area (Å²) in [7, 11) is 0. The molecule has 0 bridgehead atoms. The highest BCUT2D eigenvalue weighted by Gasteiger charge is 2.09. The van der Waals surface area contributed by atoms with Crippen molar-refractivity contribution in [2.45, 2.75) is 12.5 Å². The van der Waals surface area contributed by atoms with Gasteiger partial charge in [-0.15, -0.1) is 12.4 Å². The minimum absolute atomic E-state index is 0. The maximum atomic E-state index is 12.6. The average molecular weight is 239 g/mol. The summed E-state index contributed by atoms with van der Waals surface area (Å²) in [5, 5.41) is 0.362. The molecule has 0 saturated heterocycles. The Morgan fingerprint density at radius 3 is 2.57 bits per heavy atom. The van der Waals surface area contributed by atoms with Crippen LogP contribution >= 0.6 is 24.0 Å². The summed E-state index contributed by atoms with van der Waals surface area (Å²) in [6.45, 7) is 0.495. The molecule has 1 atom stereocenters. The largest absolute Gasteiger partial charge is 0.330 e. The molecule has 0 spiro atoms. The summed E-state index contributed by atoms with van der Waals surface area (Å²) >= 11 is 5.80. The predicted octanol–water partition coefficient (Wildman–Crippen LogP) is 2.25. The molecule has 14 heavy (non-hydrogen) atoms. The van der Waals surface area contributed by atoms with Gasteiger partial charge < -0.3 is 11.5 Å². The molecule has 0 amide bonds. The van der Waals surface area contributed by atoms with E-state index in [9.17, 15) is 4.39 Å². The molecular weight excluding hydrogens is 226 g/mol. The molecule has 0 aliphatic rings. The molecule has 1 aromatic rings. The molecule has 0 radical (unpaired) electrons. The smallest absolute Gasteiger partial charge is 0.124 e. The number of benzene rings is 1. The van der Waals surface area contributed by atoms with Gasteiger partial charge in [0.25, 0.3) is 0 Å². The Labute approximate surface area is 93.8 Å². The van der Waals surface area contributed by atoms with E-state index in [0.717, 1.165) is 5.56 Å². The molecule has 0 unspecified atom stereocenters. The third-order valence-corrected chi connectivity index (χ3v) is 2.17. The van der Waals surface area contributed by atoms with Gasteiger partial charge in [-0.1, -0.05) is 17.7 Å². The van der Waals surface area contributed by atoms with Crippen LogP contribution < -0.4 is 11.5 Å². The number of hydrogen-bond acceptors (Lipinski definition) is 2. The van der Waals surface area contributed by atoms with Gasteiger partial charge in [-0.2, -0.15) is 0 Å². The fraction of sp³-hybridized carbons (Fsp3) is 0.333. The molecule has 0 aromatic heterocycles. The summed E-state index contributed by atoms with van der Waals surface area (Å²) < 4.78 is 12.6. The zero-order valence-electron chi connectivity index (χ0n) is 7.54. The van der Waals surface area contributed by atoms with Gasteiger partial charge in [-0.25, -0.2) is 4.39 Å². The maximum absolute atomic E-state index is 12.6. The number of rotatable bonds is 3. The van der Waals surface area contributed by atoms with Crippen molar-refractivity contribution < 1.29 is 4.39 Å². The van der Waals surface area contributed by atoms with E-state index >= 15 is 0 Å². The van der Waals surface area contributed by atoms with Gasteiger partial charge in [0.2, 0.25) is 0 Å². The Bertz CT molecular complexity index is 294. The van der Waals surface area contributed by atoms with Crippen LogP contribution in [0.15, 0.2) is 18.2 Å². The van der Waals surface area contributed by atoms with Crippen molar-refractivity contribution in [2.75, 3.05) is 6.54 Å². The van der Waals surface area contributed by atoms with E-state index in [0.29, 0.717) is 18.0 Å². The molecule has 80 valence electrons. The number of hydrogen-bond donors (Lipinski definition) is 2. The molecule has 1 rings (SSSR count). The first-order chi connectivity index (χ1) is 6.15. The Morgan fingerprint density at radius 2 is 2.07 bits per heavy atom. The van der Waals surface area contributed by atoms with Crippen LogP contribution in [0, 0.1) is 5.82 Å². The Hall–Kier alpha value is -0.350. The molecule has 0 fully saturated rings. The third-order valence-electron chi connectivity index (χ3n) is 1.84. The van der Waals surface area contributed by atoms with Gasteiger partial charge in [0, 0.05) is 11.1 Å². The average Bonchev–Trinajstić information content (AvgIpc) is 2.04. The summed E-state index contributed by atoms with van der Waals surface area (Å²) in [4.78, 5) is 0. The highest BCUT2D eigenvalue weighted by atomic mass is 35.5. The molecule has 5 heteroatoms. The van der Waals surface area contributed by atoms with E-state index < -0.39 is 0 Å². The van der Waals surface area contributed by atoms with Crippen LogP contribution in [0.25, 0.3) is 0 Å². The van der Waals surface area contributed by atoms with Crippen molar-refractivity contribution in [2.24, 2.45) is 11.5 Å². The van der Waals surface area contributed by atoms with Gasteiger partial charge in [-0.05, 0) is 30.7 Å². The summed E-state index contributed by atoms with van der Waals surface area (Å²) in [5.74, 6) is -0.353. The molecule has 4 N–H and O–H groups in total. The standard InChI is InChI=1S/C9H12ClFN2.ClH/c10-8-5-6(11)1-2-7(8)9(13)3-4-12;/h1-2,5,9H,3-4,12-13H2;1H/t9-;/m0./s1. The molecule has 1 aromatic carbocycles. The van der Waals surface area contributed by atoms with Crippen LogP contribution in [0.5, 0.6) is 0 Å². The molecule has 0 aliphatic heterocycles. The normalized spacial score (nSPS) is 12.0. The van der Waals surface area contributed by atoms with Crippen molar-refractivity contribution in [3.05, 3.63) is 34.6 Å². The SMILES string of the molecule is Cl.NCC[C@H](N)c1ccc(F)cc1Cl. The lowest BCUT2D eigenvalue weighted by Gasteiger charge is -2.12. The van der Waals surface area contributed by atoms with E-state index in [1.807, 2.05) is 0 Å². The minimum Gasteiger partial charge on any atom is -0.330 e. The zero-order chi connectivity index (χ0) is 9.84. The van der Waals surface area contributed by atoms with Crippen LogP contribution in [0.3, 0.4) is 0 Å². The fourth-order valence-electron chi connectivity index (χ4n) is 1.14. The van der Waals surface area contributed by atoms with Crippen LogP contribution in [-0.2, 0) is 0 Å². The first kappa shape index (κ1) is 13.7. The fourth-order valence-corrected chi connectivity index (χ4v) is 1.44. The van der Waals surface area contributed by atoms with Gasteiger partial charge >= 0.3 is 0 Å². The highest BCUT2D eigenvalue weighted by Crippen LogP contribution is 2.23. The summed E-state index contributed by atoms with van der Waals surface area (Å²) in [6.07, 6.45) is 0.644. The van der Waals surface area contributed by atoms with Crippen molar-refractivity contribution >= 4 is 24.0 Å². The second-order valence-corrected chi connectivity index (χ2v) is 3.26. The number of nitrogens with two attached hydrogens (primary N) is 2. The lowest BCUT2D eigenvalue weighted by atomic mass is 10.0. The number of halogens is 3. The lowest BCUT2D eigenvalue weighted by molar-refractivity contribution is 0.621. The molecule has 2 nitrogen and oxygen atoms in total. The van der Waals surface area contributed by atoms with Crippen LogP contribution in [0.2, 0.25) is 5.02 Å². The van der Waals surface area contributed by atoms with Gasteiger partial charge in [0.1, 0.15) is 5.82 Å². The van der Waals surface area contributed by atoms with Crippen LogP contribution in [-0.4, -0.2) is 6.54 Å². The van der Waals surface area contributed by atoms with E-state index in [-0.39, 0.29) is 24.3 Å². The Morgan fingerprint density at radius 1 is 1.43 bits per heavy atom. The molecule has 0 heterocycles. The Balaban J connectivity index is 0.00000169. The summed E-state index contributed by atoms with van der Waals surface area (Å²) in [5.41, 5.74) is 11.9. The first-order valence-corrected chi connectivity index (χ1v) is 4.43. The first-order valence-electron chi connectivity index (χ1n) is 4.05. The molecule has 0 aliphatic carbocycles. The van der Waals surface area contributed by atoms with Crippen LogP contribution in [0.1, 0.15) is 18.0 Å². The van der Waals surface area contributed by atoms with E-state index in [1.54, 1.807) is 6.07 Å². The monoisotopic (exact) mass is 238 g/mol. The van der Waals surface area contributed by atoms with Gasteiger partial charge in [0.05, 0.1) is 0 Å². The predicted molar refractivity (Wildman–Crippen MR) is 59.3 cm³/mol. The topological polar surface area (TPSA) is 52.0 Å². The highest BCUT2D eigenvalue weighted by molar-refractivity contribution is 6.31. The quantitative estimate of drug-likeness (QED) is 0.849. The maximum Gasteiger partial charge on any atom is 0.124 e. The van der Waals surface area contributed by atoms with Crippen LogP contribution in [0.4, 0.5) is 4.39 Å². The third kappa shape index (κ3) is 3.42. The van der Waals surface area contributed by atoms with Gasteiger partial charge in [0.15, 0.2) is 0 Å². The molecular formula is C9H13Cl2FN2. The summed E-state index contributed by atoms with van der Waals surface area (Å²) in [6, 6.07) is 3.99. The van der Waals surface area contributed by atoms with Crippen molar-refractivity contribution in [1.29, 1.82) is 0 Å². The Kier molecular flexibility index (Phi) is 6.04. The second-order valence-electron chi connectivity index (χ2n) is 2.85. The molecule has 0 saturated carbocycles.